The van der Waals surface area contributed by atoms with Crippen LogP contribution in [0.1, 0.15) is 5.01 Å². The van der Waals surface area contributed by atoms with E-state index in [4.69, 9.17) is 5.73 Å². The fourth-order valence-electron chi connectivity index (χ4n) is 1.88. The van der Waals surface area contributed by atoms with Crippen LogP contribution in [0.2, 0.25) is 0 Å². The lowest BCUT2D eigenvalue weighted by Crippen LogP contribution is -2.00. The number of anilines is 2. The molecular weight excluding hydrogens is 244 g/mol. The number of nitrogens with zero attached hydrogens (tertiary/aromatic N) is 2. The van der Waals surface area contributed by atoms with Crippen molar-refractivity contribution in [1.29, 1.82) is 0 Å². The summed E-state index contributed by atoms with van der Waals surface area (Å²) in [5.74, 6) is 0. The molecule has 2 heterocycles. The van der Waals surface area contributed by atoms with E-state index in [9.17, 15) is 0 Å². The summed E-state index contributed by atoms with van der Waals surface area (Å²) in [4.78, 5) is 8.35. The van der Waals surface area contributed by atoms with Crippen molar-refractivity contribution in [3.63, 3.8) is 0 Å². The number of rotatable bonds is 3. The Labute approximate surface area is 109 Å². The molecule has 0 bridgehead atoms. The average molecular weight is 256 g/mol. The molecule has 1 aromatic carbocycles. The van der Waals surface area contributed by atoms with Gasteiger partial charge in [0.05, 0.1) is 6.54 Å². The highest BCUT2D eigenvalue weighted by molar-refractivity contribution is 7.09. The summed E-state index contributed by atoms with van der Waals surface area (Å²) in [6, 6.07) is 5.86. The Hall–Kier alpha value is -2.14. The summed E-state index contributed by atoms with van der Waals surface area (Å²) >= 11 is 1.64. The number of thiazole rings is 1. The number of nitrogens with two attached hydrogens (primary N) is 1. The van der Waals surface area contributed by atoms with Gasteiger partial charge in [-0.15, -0.1) is 11.3 Å². The van der Waals surface area contributed by atoms with Gasteiger partial charge in [-0.2, -0.15) is 0 Å². The van der Waals surface area contributed by atoms with E-state index in [-0.39, 0.29) is 0 Å². The average Bonchev–Trinajstić information content (AvgIpc) is 2.92. The van der Waals surface area contributed by atoms with Crippen molar-refractivity contribution in [2.75, 3.05) is 11.1 Å². The molecule has 0 radical (unpaired) electrons. The number of aromatic nitrogens is 2. The Bertz CT molecular complexity index is 664. The van der Waals surface area contributed by atoms with Crippen molar-refractivity contribution in [2.24, 2.45) is 0 Å². The SMILES string of the molecule is Nc1ccc(NCc2nccs2)c2ccncc12. The highest BCUT2D eigenvalue weighted by Gasteiger charge is 2.04. The summed E-state index contributed by atoms with van der Waals surface area (Å²) < 4.78 is 0. The predicted molar refractivity (Wildman–Crippen MR) is 75.6 cm³/mol. The lowest BCUT2D eigenvalue weighted by molar-refractivity contribution is 1.11. The summed E-state index contributed by atoms with van der Waals surface area (Å²) in [5.41, 5.74) is 7.74. The summed E-state index contributed by atoms with van der Waals surface area (Å²) in [6.07, 6.45) is 5.38. The van der Waals surface area contributed by atoms with Gasteiger partial charge in [0.25, 0.3) is 0 Å². The quantitative estimate of drug-likeness (QED) is 0.707. The molecule has 3 rings (SSSR count). The van der Waals surface area contributed by atoms with Gasteiger partial charge in [-0.25, -0.2) is 4.98 Å². The minimum Gasteiger partial charge on any atom is -0.398 e. The Kier molecular flexibility index (Phi) is 2.82. The van der Waals surface area contributed by atoms with Crippen LogP contribution >= 0.6 is 11.3 Å². The number of pyridine rings is 1. The standard InChI is InChI=1S/C13H12N4S/c14-11-1-2-12(9-3-4-15-7-10(9)11)17-8-13-16-5-6-18-13/h1-7,17H,8,14H2. The van der Waals surface area contributed by atoms with E-state index in [1.165, 1.54) is 0 Å². The van der Waals surface area contributed by atoms with E-state index in [0.717, 1.165) is 33.7 Å². The molecule has 0 aliphatic heterocycles. The van der Waals surface area contributed by atoms with Crippen molar-refractivity contribution >= 4 is 33.5 Å². The van der Waals surface area contributed by atoms with E-state index in [2.05, 4.69) is 15.3 Å². The normalized spacial score (nSPS) is 10.7. The van der Waals surface area contributed by atoms with Gasteiger partial charge in [0.2, 0.25) is 0 Å². The van der Waals surface area contributed by atoms with E-state index in [0.29, 0.717) is 0 Å². The first-order valence-corrected chi connectivity index (χ1v) is 6.47. The van der Waals surface area contributed by atoms with Crippen LogP contribution < -0.4 is 11.1 Å². The third-order valence-electron chi connectivity index (χ3n) is 2.77. The van der Waals surface area contributed by atoms with E-state index < -0.39 is 0 Å². The van der Waals surface area contributed by atoms with Crippen molar-refractivity contribution in [3.8, 4) is 0 Å². The molecule has 90 valence electrons. The topological polar surface area (TPSA) is 63.8 Å². The molecule has 0 spiro atoms. The molecule has 0 fully saturated rings. The maximum Gasteiger partial charge on any atom is 0.112 e. The van der Waals surface area contributed by atoms with Crippen LogP contribution in [0.25, 0.3) is 10.8 Å². The van der Waals surface area contributed by atoms with E-state index in [1.54, 1.807) is 23.7 Å². The van der Waals surface area contributed by atoms with Crippen molar-refractivity contribution in [3.05, 3.63) is 47.2 Å². The summed E-state index contributed by atoms with van der Waals surface area (Å²) in [5, 5.41) is 8.48. The molecule has 0 aliphatic carbocycles. The lowest BCUT2D eigenvalue weighted by Gasteiger charge is -2.09. The first kappa shape index (κ1) is 11.0. The maximum atomic E-state index is 5.94. The van der Waals surface area contributed by atoms with Crippen LogP contribution in [-0.2, 0) is 6.54 Å². The summed E-state index contributed by atoms with van der Waals surface area (Å²) in [6.45, 7) is 0.721. The Morgan fingerprint density at radius 2 is 2.11 bits per heavy atom. The van der Waals surface area contributed by atoms with Crippen LogP contribution in [0, 0.1) is 0 Å². The zero-order valence-electron chi connectivity index (χ0n) is 9.63. The van der Waals surface area contributed by atoms with E-state index >= 15 is 0 Å². The van der Waals surface area contributed by atoms with Crippen molar-refractivity contribution in [1.82, 2.24) is 9.97 Å². The monoisotopic (exact) mass is 256 g/mol. The van der Waals surface area contributed by atoms with Gasteiger partial charge in [-0.1, -0.05) is 0 Å². The number of fused-ring (bicyclic) bond motifs is 1. The van der Waals surface area contributed by atoms with Gasteiger partial charge in [0, 0.05) is 46.1 Å². The zero-order valence-corrected chi connectivity index (χ0v) is 10.4. The maximum absolute atomic E-state index is 5.94. The van der Waals surface area contributed by atoms with Crippen LogP contribution in [0.5, 0.6) is 0 Å². The largest absolute Gasteiger partial charge is 0.398 e. The van der Waals surface area contributed by atoms with Crippen LogP contribution in [-0.4, -0.2) is 9.97 Å². The highest BCUT2D eigenvalue weighted by atomic mass is 32.1. The number of nitrogens with one attached hydrogen (secondary N) is 1. The molecule has 0 amide bonds. The minimum absolute atomic E-state index is 0.721. The second-order valence-corrected chi connectivity index (χ2v) is 4.88. The van der Waals surface area contributed by atoms with Gasteiger partial charge in [-0.3, -0.25) is 4.98 Å². The molecule has 5 heteroatoms. The molecular formula is C13H12N4S. The predicted octanol–water partition coefficient (Wildman–Crippen LogP) is 2.89. The smallest absolute Gasteiger partial charge is 0.112 e. The number of benzene rings is 1. The Balaban J connectivity index is 1.94. The van der Waals surface area contributed by atoms with Crippen LogP contribution in [0.4, 0.5) is 11.4 Å². The number of nitrogen functional groups attached to an aromatic ring is 1. The molecule has 0 saturated carbocycles. The highest BCUT2D eigenvalue weighted by Crippen LogP contribution is 2.27. The number of hydrogen-bond acceptors (Lipinski definition) is 5. The zero-order chi connectivity index (χ0) is 12.4. The van der Waals surface area contributed by atoms with Gasteiger partial charge < -0.3 is 11.1 Å². The second kappa shape index (κ2) is 4.62. The van der Waals surface area contributed by atoms with Gasteiger partial charge in [-0.05, 0) is 18.2 Å². The summed E-state index contributed by atoms with van der Waals surface area (Å²) in [7, 11) is 0. The Morgan fingerprint density at radius 3 is 2.94 bits per heavy atom. The minimum atomic E-state index is 0.721. The molecule has 0 unspecified atom stereocenters. The molecule has 18 heavy (non-hydrogen) atoms. The molecule has 4 nitrogen and oxygen atoms in total. The fraction of sp³-hybridized carbons (Fsp3) is 0.0769. The van der Waals surface area contributed by atoms with Gasteiger partial charge >= 0.3 is 0 Å². The number of hydrogen-bond donors (Lipinski definition) is 2. The Morgan fingerprint density at radius 1 is 1.17 bits per heavy atom. The van der Waals surface area contributed by atoms with Crippen LogP contribution in [0.15, 0.2) is 42.2 Å². The van der Waals surface area contributed by atoms with E-state index in [1.807, 2.05) is 29.8 Å². The van der Waals surface area contributed by atoms with Crippen LogP contribution in [0.3, 0.4) is 0 Å². The van der Waals surface area contributed by atoms with Gasteiger partial charge in [0.15, 0.2) is 0 Å². The molecule has 3 N–H and O–H groups in total. The first-order chi connectivity index (χ1) is 8.84. The lowest BCUT2D eigenvalue weighted by atomic mass is 10.1. The van der Waals surface area contributed by atoms with Crippen molar-refractivity contribution < 1.29 is 0 Å². The molecule has 2 aromatic heterocycles. The van der Waals surface area contributed by atoms with Crippen molar-refractivity contribution in [2.45, 2.75) is 6.54 Å². The third-order valence-corrected chi connectivity index (χ3v) is 3.54. The molecule has 3 aromatic rings. The third kappa shape index (κ3) is 2.00. The molecule has 0 atom stereocenters. The second-order valence-electron chi connectivity index (χ2n) is 3.90. The fourth-order valence-corrected chi connectivity index (χ4v) is 2.43. The van der Waals surface area contributed by atoms with Gasteiger partial charge in [0.1, 0.15) is 5.01 Å². The molecule has 0 saturated heterocycles. The first-order valence-electron chi connectivity index (χ1n) is 5.59. The molecule has 0 aliphatic rings.